The number of piperidine rings is 1. The van der Waals surface area contributed by atoms with Gasteiger partial charge in [0.1, 0.15) is 0 Å². The minimum absolute atomic E-state index is 0.00205. The molecule has 1 saturated carbocycles. The second kappa shape index (κ2) is 7.45. The minimum Gasteiger partial charge on any atom is -0.342 e. The molecule has 3 fully saturated rings. The Kier molecular flexibility index (Phi) is 5.02. The molecule has 144 valence electrons. The predicted octanol–water partition coefficient (Wildman–Crippen LogP) is 2.90. The van der Waals surface area contributed by atoms with E-state index in [-0.39, 0.29) is 35.9 Å². The Morgan fingerprint density at radius 3 is 2.56 bits per heavy atom. The Morgan fingerprint density at radius 2 is 1.81 bits per heavy atom. The first-order chi connectivity index (χ1) is 13.1. The third kappa shape index (κ3) is 3.92. The first-order valence-electron chi connectivity index (χ1n) is 10.2. The van der Waals surface area contributed by atoms with Gasteiger partial charge in [0.25, 0.3) is 0 Å². The van der Waals surface area contributed by atoms with E-state index >= 15 is 0 Å². The van der Waals surface area contributed by atoms with Gasteiger partial charge in [-0.2, -0.15) is 0 Å². The number of benzene rings is 1. The fraction of sp³-hybridized carbons (Fsp3) is 0.591. The van der Waals surface area contributed by atoms with Crippen LogP contribution in [0.3, 0.4) is 0 Å². The van der Waals surface area contributed by atoms with E-state index in [1.54, 1.807) is 12.1 Å². The highest BCUT2D eigenvalue weighted by Gasteiger charge is 2.49. The lowest BCUT2D eigenvalue weighted by molar-refractivity contribution is -0.146. The minimum atomic E-state index is -0.369. The first kappa shape index (κ1) is 18.2. The molecule has 5 nitrogen and oxygen atoms in total. The van der Waals surface area contributed by atoms with E-state index in [1.165, 1.54) is 12.8 Å². The van der Waals surface area contributed by atoms with Gasteiger partial charge in [-0.15, -0.1) is 0 Å². The Morgan fingerprint density at radius 1 is 1.04 bits per heavy atom. The fourth-order valence-electron chi connectivity index (χ4n) is 4.55. The molecule has 0 N–H and O–H groups in total. The Balaban J connectivity index is 1.32. The summed E-state index contributed by atoms with van der Waals surface area (Å²) in [6, 6.07) is 9.11. The lowest BCUT2D eigenvalue weighted by Crippen LogP contribution is -2.50. The quantitative estimate of drug-likeness (QED) is 0.726. The topological polar surface area (TPSA) is 57.7 Å². The van der Waals surface area contributed by atoms with E-state index in [9.17, 15) is 14.4 Å². The summed E-state index contributed by atoms with van der Waals surface area (Å²) in [5.41, 5.74) is 0.285. The molecule has 4 rings (SSSR count). The van der Waals surface area contributed by atoms with Gasteiger partial charge >= 0.3 is 0 Å². The highest BCUT2D eigenvalue weighted by molar-refractivity contribution is 5.98. The number of ketones is 1. The number of hydrogen-bond donors (Lipinski definition) is 0. The van der Waals surface area contributed by atoms with Gasteiger partial charge < -0.3 is 9.80 Å². The average Bonchev–Trinajstić information content (AvgIpc) is 3.41. The zero-order valence-corrected chi connectivity index (χ0v) is 15.9. The van der Waals surface area contributed by atoms with Gasteiger partial charge in [0, 0.05) is 44.6 Å². The molecule has 1 aromatic rings. The van der Waals surface area contributed by atoms with Crippen molar-refractivity contribution in [1.82, 2.24) is 9.80 Å². The summed E-state index contributed by atoms with van der Waals surface area (Å²) in [5.74, 6) is 0.967. The van der Waals surface area contributed by atoms with Crippen LogP contribution >= 0.6 is 0 Å². The predicted molar refractivity (Wildman–Crippen MR) is 102 cm³/mol. The van der Waals surface area contributed by atoms with Crippen molar-refractivity contribution in [3.63, 3.8) is 0 Å². The maximum absolute atomic E-state index is 13.1. The maximum atomic E-state index is 13.1. The molecule has 27 heavy (non-hydrogen) atoms. The molecule has 2 saturated heterocycles. The fourth-order valence-corrected chi connectivity index (χ4v) is 4.55. The number of Topliss-reactive ketones (excluding diaryl/α,β-unsaturated/α-hetero) is 1. The van der Waals surface area contributed by atoms with E-state index in [0.717, 1.165) is 32.4 Å². The zero-order valence-electron chi connectivity index (χ0n) is 15.9. The number of rotatable bonds is 6. The van der Waals surface area contributed by atoms with Gasteiger partial charge in [-0.05, 0) is 38.0 Å². The molecule has 3 aliphatic rings. The van der Waals surface area contributed by atoms with E-state index in [0.29, 0.717) is 24.6 Å². The number of hydrogen-bond acceptors (Lipinski definition) is 3. The number of carbonyl (C=O) groups is 3. The van der Waals surface area contributed by atoms with Crippen LogP contribution in [0.15, 0.2) is 30.3 Å². The molecule has 2 aliphatic heterocycles. The average molecular weight is 368 g/mol. The lowest BCUT2D eigenvalue weighted by atomic mass is 9.78. The van der Waals surface area contributed by atoms with Crippen LogP contribution < -0.4 is 0 Å². The normalized spacial score (nSPS) is 25.3. The van der Waals surface area contributed by atoms with Gasteiger partial charge in [0.2, 0.25) is 11.8 Å². The molecular formula is C22H28N2O3. The summed E-state index contributed by atoms with van der Waals surface area (Å²) in [7, 11) is 0. The molecule has 1 aliphatic carbocycles. The van der Waals surface area contributed by atoms with Gasteiger partial charge in [0.15, 0.2) is 5.78 Å². The monoisotopic (exact) mass is 368 g/mol. The molecular weight excluding hydrogens is 340 g/mol. The van der Waals surface area contributed by atoms with Crippen molar-refractivity contribution in [1.29, 1.82) is 0 Å². The maximum Gasteiger partial charge on any atom is 0.230 e. The number of carbonyl (C=O) groups excluding carboxylic acids is 3. The SMILES string of the molecule is O=C(CCC(=O)N1CCC2(CCCN(CC3CC3)C2=O)C1)c1ccccc1. The smallest absolute Gasteiger partial charge is 0.230 e. The van der Waals surface area contributed by atoms with Crippen molar-refractivity contribution in [2.75, 3.05) is 26.2 Å². The molecule has 0 bridgehead atoms. The summed E-state index contributed by atoms with van der Waals surface area (Å²) in [6.45, 7) is 2.95. The Labute approximate surface area is 160 Å². The van der Waals surface area contributed by atoms with Crippen molar-refractivity contribution < 1.29 is 14.4 Å². The summed E-state index contributed by atoms with van der Waals surface area (Å²) < 4.78 is 0. The van der Waals surface area contributed by atoms with E-state index in [4.69, 9.17) is 0 Å². The van der Waals surface area contributed by atoms with Crippen LogP contribution in [-0.2, 0) is 9.59 Å². The summed E-state index contributed by atoms with van der Waals surface area (Å²) in [4.78, 5) is 41.8. The van der Waals surface area contributed by atoms with Crippen molar-refractivity contribution >= 4 is 17.6 Å². The van der Waals surface area contributed by atoms with Crippen LogP contribution in [0.2, 0.25) is 0 Å². The summed E-state index contributed by atoms with van der Waals surface area (Å²) in [6.07, 6.45) is 5.64. The van der Waals surface area contributed by atoms with Gasteiger partial charge in [-0.25, -0.2) is 0 Å². The summed E-state index contributed by atoms with van der Waals surface area (Å²) in [5, 5.41) is 0. The largest absolute Gasteiger partial charge is 0.342 e. The van der Waals surface area contributed by atoms with E-state index < -0.39 is 0 Å². The Bertz CT molecular complexity index is 728. The molecule has 5 heteroatoms. The van der Waals surface area contributed by atoms with E-state index in [2.05, 4.69) is 0 Å². The Hall–Kier alpha value is -2.17. The van der Waals surface area contributed by atoms with Crippen molar-refractivity contribution in [2.24, 2.45) is 11.3 Å². The van der Waals surface area contributed by atoms with Crippen LogP contribution in [0, 0.1) is 11.3 Å². The number of nitrogens with zero attached hydrogens (tertiary/aromatic N) is 2. The van der Waals surface area contributed by atoms with Crippen LogP contribution in [-0.4, -0.2) is 53.6 Å². The lowest BCUT2D eigenvalue weighted by Gasteiger charge is -2.39. The van der Waals surface area contributed by atoms with Crippen LogP contribution in [0.1, 0.15) is 55.3 Å². The third-order valence-corrected chi connectivity index (χ3v) is 6.37. The summed E-state index contributed by atoms with van der Waals surface area (Å²) >= 11 is 0. The first-order valence-corrected chi connectivity index (χ1v) is 10.2. The van der Waals surface area contributed by atoms with Crippen LogP contribution in [0.4, 0.5) is 0 Å². The third-order valence-electron chi connectivity index (χ3n) is 6.37. The molecule has 1 aromatic carbocycles. The zero-order chi connectivity index (χ0) is 18.9. The van der Waals surface area contributed by atoms with Crippen LogP contribution in [0.25, 0.3) is 0 Å². The van der Waals surface area contributed by atoms with Crippen molar-refractivity contribution in [2.45, 2.75) is 44.9 Å². The molecule has 1 spiro atoms. The molecule has 1 unspecified atom stereocenters. The number of amides is 2. The molecule has 0 radical (unpaired) electrons. The molecule has 1 atom stereocenters. The van der Waals surface area contributed by atoms with Crippen LogP contribution in [0.5, 0.6) is 0 Å². The van der Waals surface area contributed by atoms with E-state index in [1.807, 2.05) is 28.0 Å². The standard InChI is InChI=1S/C22H28N2O3/c25-19(18-5-2-1-3-6-18)9-10-20(26)24-14-12-22(16-24)11-4-13-23(21(22)27)15-17-7-8-17/h1-3,5-6,17H,4,7-16H2. The van der Waals surface area contributed by atoms with Gasteiger partial charge in [-0.3, -0.25) is 14.4 Å². The number of likely N-dealkylation sites (tertiary alicyclic amines) is 2. The highest BCUT2D eigenvalue weighted by atomic mass is 16.2. The highest BCUT2D eigenvalue weighted by Crippen LogP contribution is 2.41. The van der Waals surface area contributed by atoms with Crippen molar-refractivity contribution in [3.8, 4) is 0 Å². The van der Waals surface area contributed by atoms with Crippen molar-refractivity contribution in [3.05, 3.63) is 35.9 Å². The van der Waals surface area contributed by atoms with Gasteiger partial charge in [0.05, 0.1) is 5.41 Å². The molecule has 2 heterocycles. The second-order valence-corrected chi connectivity index (χ2v) is 8.43. The molecule has 2 amide bonds. The van der Waals surface area contributed by atoms with Gasteiger partial charge in [-0.1, -0.05) is 30.3 Å². The molecule has 0 aromatic heterocycles. The second-order valence-electron chi connectivity index (χ2n) is 8.43.